The molecule has 0 N–H and O–H groups in total. The summed E-state index contributed by atoms with van der Waals surface area (Å²) in [6.45, 7) is 2.29. The van der Waals surface area contributed by atoms with Gasteiger partial charge in [-0.1, -0.05) is 4.58 Å². The quantitative estimate of drug-likeness (QED) is 0.625. The summed E-state index contributed by atoms with van der Waals surface area (Å²) < 4.78 is 23.0. The van der Waals surface area contributed by atoms with Gasteiger partial charge in [-0.3, -0.25) is 4.84 Å². The van der Waals surface area contributed by atoms with Crippen molar-refractivity contribution in [3.63, 3.8) is 0 Å². The first-order valence-corrected chi connectivity index (χ1v) is 6.06. The third kappa shape index (κ3) is 2.90. The molecular formula is C6H12ClNO3S. The van der Waals surface area contributed by atoms with E-state index in [-0.39, 0.29) is 17.8 Å². The summed E-state index contributed by atoms with van der Waals surface area (Å²) in [5.41, 5.74) is 0. The van der Waals surface area contributed by atoms with Crippen molar-refractivity contribution in [2.75, 3.05) is 18.6 Å². The van der Waals surface area contributed by atoms with Crippen molar-refractivity contribution in [3.8, 4) is 0 Å². The van der Waals surface area contributed by atoms with Gasteiger partial charge in [0, 0.05) is 30.5 Å². The maximum Gasteiger partial charge on any atom is 0.147 e. The topological polar surface area (TPSA) is 46.6 Å². The highest BCUT2D eigenvalue weighted by Gasteiger charge is 2.32. The standard InChI is InChI=1S/C6H12ClNO3S/c1-5-6(3-8(7)11-5)4-12(2,9)10/h5-6H,3-4H2,1-2H3. The number of nitrogens with zero attached hydrogens (tertiary/aromatic N) is 1. The maximum absolute atomic E-state index is 10.9. The fourth-order valence-corrected chi connectivity index (χ4v) is 2.68. The summed E-state index contributed by atoms with van der Waals surface area (Å²) in [5.74, 6) is 0.120. The highest BCUT2D eigenvalue weighted by Crippen LogP contribution is 2.22. The second-order valence-electron chi connectivity index (χ2n) is 3.16. The molecule has 1 aliphatic rings. The van der Waals surface area contributed by atoms with Crippen LogP contribution in [-0.4, -0.2) is 37.7 Å². The highest BCUT2D eigenvalue weighted by molar-refractivity contribution is 7.90. The van der Waals surface area contributed by atoms with Crippen LogP contribution in [0.4, 0.5) is 0 Å². The first-order valence-electron chi connectivity index (χ1n) is 3.66. The molecule has 6 heteroatoms. The lowest BCUT2D eigenvalue weighted by Gasteiger charge is -2.09. The fourth-order valence-electron chi connectivity index (χ4n) is 1.22. The predicted molar refractivity (Wildman–Crippen MR) is 46.3 cm³/mol. The van der Waals surface area contributed by atoms with E-state index in [1.807, 2.05) is 6.92 Å². The summed E-state index contributed by atoms with van der Waals surface area (Å²) >= 11 is 5.55. The summed E-state index contributed by atoms with van der Waals surface area (Å²) in [6, 6.07) is 0. The minimum Gasteiger partial charge on any atom is -0.280 e. The second-order valence-corrected chi connectivity index (χ2v) is 5.73. The molecule has 0 spiro atoms. The van der Waals surface area contributed by atoms with E-state index in [4.69, 9.17) is 16.6 Å². The molecule has 1 heterocycles. The smallest absolute Gasteiger partial charge is 0.147 e. The van der Waals surface area contributed by atoms with Gasteiger partial charge in [-0.15, -0.1) is 0 Å². The third-order valence-electron chi connectivity index (χ3n) is 1.84. The summed E-state index contributed by atoms with van der Waals surface area (Å²) in [5, 5.41) is 0. The van der Waals surface area contributed by atoms with E-state index in [0.717, 1.165) is 0 Å². The molecule has 2 unspecified atom stereocenters. The first kappa shape index (κ1) is 10.2. The molecular weight excluding hydrogens is 202 g/mol. The van der Waals surface area contributed by atoms with E-state index in [2.05, 4.69) is 0 Å². The van der Waals surface area contributed by atoms with Gasteiger partial charge in [0.15, 0.2) is 0 Å². The van der Waals surface area contributed by atoms with Crippen LogP contribution in [0.15, 0.2) is 0 Å². The van der Waals surface area contributed by atoms with Gasteiger partial charge in [-0.2, -0.15) is 0 Å². The molecule has 1 saturated heterocycles. The van der Waals surface area contributed by atoms with E-state index < -0.39 is 9.84 Å². The number of hydrogen-bond donors (Lipinski definition) is 0. The van der Waals surface area contributed by atoms with Crippen molar-refractivity contribution >= 4 is 21.6 Å². The lowest BCUT2D eigenvalue weighted by atomic mass is 10.1. The minimum atomic E-state index is -2.93. The SMILES string of the molecule is CC1ON(Cl)CC1CS(C)(=O)=O. The van der Waals surface area contributed by atoms with Gasteiger partial charge >= 0.3 is 0 Å². The Morgan fingerprint density at radius 3 is 2.58 bits per heavy atom. The predicted octanol–water partition coefficient (Wildman–Crippen LogP) is 0.437. The van der Waals surface area contributed by atoms with E-state index in [1.54, 1.807) is 0 Å². The largest absolute Gasteiger partial charge is 0.280 e. The van der Waals surface area contributed by atoms with Crippen LogP contribution in [-0.2, 0) is 14.7 Å². The lowest BCUT2D eigenvalue weighted by Crippen LogP contribution is -2.23. The Morgan fingerprint density at radius 2 is 2.25 bits per heavy atom. The Kier molecular flexibility index (Phi) is 2.98. The van der Waals surface area contributed by atoms with Gasteiger partial charge < -0.3 is 0 Å². The van der Waals surface area contributed by atoms with Gasteiger partial charge in [0.05, 0.1) is 11.9 Å². The Bertz CT molecular complexity index is 254. The monoisotopic (exact) mass is 213 g/mol. The van der Waals surface area contributed by atoms with E-state index >= 15 is 0 Å². The van der Waals surface area contributed by atoms with Gasteiger partial charge in [0.2, 0.25) is 0 Å². The summed E-state index contributed by atoms with van der Waals surface area (Å²) in [7, 11) is -2.93. The molecule has 0 amide bonds. The van der Waals surface area contributed by atoms with Crippen molar-refractivity contribution in [1.82, 2.24) is 4.58 Å². The van der Waals surface area contributed by atoms with Crippen LogP contribution in [0.25, 0.3) is 0 Å². The maximum atomic E-state index is 10.9. The Balaban J connectivity index is 2.55. The summed E-state index contributed by atoms with van der Waals surface area (Å²) in [6.07, 6.45) is 1.11. The van der Waals surface area contributed by atoms with Gasteiger partial charge in [0.25, 0.3) is 0 Å². The lowest BCUT2D eigenvalue weighted by molar-refractivity contribution is -0.0698. The van der Waals surface area contributed by atoms with Crippen LogP contribution in [0, 0.1) is 5.92 Å². The van der Waals surface area contributed by atoms with Crippen molar-refractivity contribution in [1.29, 1.82) is 0 Å². The molecule has 12 heavy (non-hydrogen) atoms. The van der Waals surface area contributed by atoms with Crippen molar-refractivity contribution in [3.05, 3.63) is 0 Å². The van der Waals surface area contributed by atoms with Crippen molar-refractivity contribution in [2.24, 2.45) is 5.92 Å². The normalized spacial score (nSPS) is 32.6. The van der Waals surface area contributed by atoms with Gasteiger partial charge in [-0.05, 0) is 6.92 Å². The van der Waals surface area contributed by atoms with E-state index in [0.29, 0.717) is 6.54 Å². The van der Waals surface area contributed by atoms with Crippen LogP contribution >= 0.6 is 11.8 Å². The Labute approximate surface area is 77.4 Å². The molecule has 0 aromatic heterocycles. The third-order valence-corrected chi connectivity index (χ3v) is 3.09. The number of hydroxylamine groups is 1. The molecule has 0 saturated carbocycles. The second kappa shape index (κ2) is 3.49. The molecule has 72 valence electrons. The summed E-state index contributed by atoms with van der Waals surface area (Å²) in [4.78, 5) is 5.05. The van der Waals surface area contributed by atoms with Gasteiger partial charge in [-0.25, -0.2) is 8.42 Å². The number of halogens is 1. The van der Waals surface area contributed by atoms with Crippen LogP contribution < -0.4 is 0 Å². The highest BCUT2D eigenvalue weighted by atomic mass is 35.5. The average Bonchev–Trinajstić information content (AvgIpc) is 2.06. The van der Waals surface area contributed by atoms with Crippen LogP contribution in [0.1, 0.15) is 6.92 Å². The van der Waals surface area contributed by atoms with Crippen LogP contribution in [0.5, 0.6) is 0 Å². The molecule has 4 nitrogen and oxygen atoms in total. The molecule has 0 bridgehead atoms. The van der Waals surface area contributed by atoms with Crippen molar-refractivity contribution < 1.29 is 13.3 Å². The van der Waals surface area contributed by atoms with E-state index in [9.17, 15) is 8.42 Å². The molecule has 1 fully saturated rings. The molecule has 0 radical (unpaired) electrons. The first-order chi connectivity index (χ1) is 5.38. The molecule has 1 rings (SSSR count). The molecule has 0 aromatic carbocycles. The Hall–Kier alpha value is 0.160. The van der Waals surface area contributed by atoms with Crippen molar-refractivity contribution in [2.45, 2.75) is 13.0 Å². The average molecular weight is 214 g/mol. The van der Waals surface area contributed by atoms with E-state index in [1.165, 1.54) is 10.8 Å². The van der Waals surface area contributed by atoms with Crippen LogP contribution in [0.2, 0.25) is 0 Å². The molecule has 0 aliphatic carbocycles. The zero-order valence-electron chi connectivity index (χ0n) is 7.03. The number of hydrogen-bond acceptors (Lipinski definition) is 4. The van der Waals surface area contributed by atoms with Crippen LogP contribution in [0.3, 0.4) is 0 Å². The minimum absolute atomic E-state index is 0.0162. The van der Waals surface area contributed by atoms with Gasteiger partial charge in [0.1, 0.15) is 9.84 Å². The zero-order valence-corrected chi connectivity index (χ0v) is 8.60. The fraction of sp³-hybridized carbons (Fsp3) is 1.00. The Morgan fingerprint density at radius 1 is 1.67 bits per heavy atom. The zero-order chi connectivity index (χ0) is 9.35. The molecule has 0 aromatic rings. The number of rotatable bonds is 2. The molecule has 2 atom stereocenters. The number of sulfone groups is 1. The molecule has 1 aliphatic heterocycles.